The van der Waals surface area contributed by atoms with Crippen LogP contribution in [-0.2, 0) is 0 Å². The molecule has 0 heterocycles. The lowest BCUT2D eigenvalue weighted by molar-refractivity contribution is 0.294. The Morgan fingerprint density at radius 1 is 1.35 bits per heavy atom. The molecule has 1 rings (SSSR count). The molecule has 0 spiro atoms. The van der Waals surface area contributed by atoms with Gasteiger partial charge in [0.2, 0.25) is 0 Å². The largest absolute Gasteiger partial charge is 0.493 e. The van der Waals surface area contributed by atoms with Crippen molar-refractivity contribution in [3.8, 4) is 11.5 Å². The number of hydrogen-bond acceptors (Lipinski definition) is 3. The summed E-state index contributed by atoms with van der Waals surface area (Å²) < 4.78 is 10.8. The van der Waals surface area contributed by atoms with Crippen molar-refractivity contribution in [2.24, 2.45) is 0 Å². The number of aliphatic hydroxyl groups is 1. The average Bonchev–Trinajstić information content (AvgIpc) is 2.36. The van der Waals surface area contributed by atoms with Crippen molar-refractivity contribution < 1.29 is 14.6 Å². The van der Waals surface area contributed by atoms with Crippen LogP contribution in [0.4, 0.5) is 0 Å². The molecule has 0 aliphatic heterocycles. The minimum atomic E-state index is 0.0666. The molecule has 94 valence electrons. The Bertz CT molecular complexity index is 383. The Morgan fingerprint density at radius 2 is 2.12 bits per heavy atom. The maximum Gasteiger partial charge on any atom is 0.161 e. The summed E-state index contributed by atoms with van der Waals surface area (Å²) in [6.45, 7) is 4.68. The molecule has 1 aromatic rings. The van der Waals surface area contributed by atoms with Gasteiger partial charge in [-0.25, -0.2) is 0 Å². The Morgan fingerprint density at radius 3 is 2.71 bits per heavy atom. The third-order valence-electron chi connectivity index (χ3n) is 2.31. The van der Waals surface area contributed by atoms with Gasteiger partial charge < -0.3 is 14.6 Å². The first-order valence-electron chi connectivity index (χ1n) is 5.80. The Hall–Kier alpha value is -1.48. The first kappa shape index (κ1) is 13.6. The molecule has 0 saturated heterocycles. The second-order valence-electron chi connectivity index (χ2n) is 3.91. The van der Waals surface area contributed by atoms with Gasteiger partial charge in [-0.1, -0.05) is 19.1 Å². The molecule has 1 N–H and O–H groups in total. The summed E-state index contributed by atoms with van der Waals surface area (Å²) in [5, 5.41) is 8.98. The van der Waals surface area contributed by atoms with Crippen molar-refractivity contribution in [1.29, 1.82) is 0 Å². The van der Waals surface area contributed by atoms with Gasteiger partial charge in [-0.3, -0.25) is 0 Å². The van der Waals surface area contributed by atoms with E-state index in [0.717, 1.165) is 29.1 Å². The van der Waals surface area contributed by atoms with Crippen molar-refractivity contribution in [2.45, 2.75) is 20.3 Å². The number of ether oxygens (including phenoxy) is 2. The molecule has 0 unspecified atom stereocenters. The molecule has 3 heteroatoms. The number of methoxy groups -OCH3 is 1. The lowest BCUT2D eigenvalue weighted by atomic mass is 10.1. The zero-order valence-corrected chi connectivity index (χ0v) is 10.7. The molecule has 0 fully saturated rings. The maximum atomic E-state index is 8.98. The lowest BCUT2D eigenvalue weighted by Gasteiger charge is -2.10. The summed E-state index contributed by atoms with van der Waals surface area (Å²) in [5.74, 6) is 1.48. The van der Waals surface area contributed by atoms with Crippen molar-refractivity contribution >= 4 is 6.08 Å². The molecule has 0 aromatic heterocycles. The van der Waals surface area contributed by atoms with Gasteiger partial charge in [0.1, 0.15) is 0 Å². The molecule has 0 bridgehead atoms. The molecule has 0 radical (unpaired) electrons. The third kappa shape index (κ3) is 4.11. The van der Waals surface area contributed by atoms with E-state index in [1.165, 1.54) is 0 Å². The average molecular weight is 236 g/mol. The summed E-state index contributed by atoms with van der Waals surface area (Å²) in [6, 6.07) is 5.74. The van der Waals surface area contributed by atoms with Gasteiger partial charge in [-0.15, -0.1) is 0 Å². The highest BCUT2D eigenvalue weighted by molar-refractivity contribution is 5.57. The fourth-order valence-electron chi connectivity index (χ4n) is 1.44. The quantitative estimate of drug-likeness (QED) is 0.825. The molecule has 0 aliphatic rings. The van der Waals surface area contributed by atoms with E-state index in [4.69, 9.17) is 14.6 Å². The van der Waals surface area contributed by atoms with Gasteiger partial charge in [0.25, 0.3) is 0 Å². The molecule has 0 amide bonds. The van der Waals surface area contributed by atoms with E-state index in [2.05, 4.69) is 6.92 Å². The second-order valence-corrected chi connectivity index (χ2v) is 3.91. The number of rotatable bonds is 6. The number of benzene rings is 1. The predicted octanol–water partition coefficient (Wildman–Crippen LogP) is 2.88. The van der Waals surface area contributed by atoms with Crippen LogP contribution in [-0.4, -0.2) is 25.4 Å². The Balaban J connectivity index is 2.95. The minimum absolute atomic E-state index is 0.0666. The monoisotopic (exact) mass is 236 g/mol. The zero-order chi connectivity index (χ0) is 12.7. The third-order valence-corrected chi connectivity index (χ3v) is 2.31. The molecule has 0 saturated carbocycles. The van der Waals surface area contributed by atoms with Crippen LogP contribution in [0.2, 0.25) is 0 Å². The summed E-state index contributed by atoms with van der Waals surface area (Å²) in [4.78, 5) is 0. The SMILES string of the molecule is CCCOc1cc(C=C(C)CO)ccc1OC. The van der Waals surface area contributed by atoms with E-state index in [1.807, 2.05) is 31.2 Å². The van der Waals surface area contributed by atoms with Crippen molar-refractivity contribution in [2.75, 3.05) is 20.3 Å². The molecule has 0 aliphatic carbocycles. The fourth-order valence-corrected chi connectivity index (χ4v) is 1.44. The zero-order valence-electron chi connectivity index (χ0n) is 10.7. The second kappa shape index (κ2) is 6.97. The van der Waals surface area contributed by atoms with Crippen LogP contribution in [0.5, 0.6) is 11.5 Å². The maximum absolute atomic E-state index is 8.98. The molecular formula is C14H20O3. The van der Waals surface area contributed by atoms with Gasteiger partial charge in [0.05, 0.1) is 20.3 Å². The van der Waals surface area contributed by atoms with E-state index in [0.29, 0.717) is 6.61 Å². The van der Waals surface area contributed by atoms with Gasteiger partial charge in [0.15, 0.2) is 11.5 Å². The normalized spacial score (nSPS) is 11.4. The smallest absolute Gasteiger partial charge is 0.161 e. The predicted molar refractivity (Wildman–Crippen MR) is 69.5 cm³/mol. The van der Waals surface area contributed by atoms with Crippen molar-refractivity contribution in [3.05, 3.63) is 29.3 Å². The lowest BCUT2D eigenvalue weighted by Crippen LogP contribution is -1.98. The first-order valence-corrected chi connectivity index (χ1v) is 5.80. The topological polar surface area (TPSA) is 38.7 Å². The fraction of sp³-hybridized carbons (Fsp3) is 0.429. The van der Waals surface area contributed by atoms with E-state index in [1.54, 1.807) is 7.11 Å². The Kier molecular flexibility index (Phi) is 5.57. The van der Waals surface area contributed by atoms with Gasteiger partial charge >= 0.3 is 0 Å². The first-order chi connectivity index (χ1) is 8.21. The van der Waals surface area contributed by atoms with Crippen LogP contribution in [0.3, 0.4) is 0 Å². The van der Waals surface area contributed by atoms with Gasteiger partial charge in [-0.05, 0) is 36.6 Å². The summed E-state index contributed by atoms with van der Waals surface area (Å²) >= 11 is 0. The molecule has 0 atom stereocenters. The highest BCUT2D eigenvalue weighted by Gasteiger charge is 2.04. The summed E-state index contributed by atoms with van der Waals surface area (Å²) in [7, 11) is 1.63. The van der Waals surface area contributed by atoms with Crippen LogP contribution in [0.1, 0.15) is 25.8 Å². The number of hydrogen-bond donors (Lipinski definition) is 1. The van der Waals surface area contributed by atoms with E-state index >= 15 is 0 Å². The van der Waals surface area contributed by atoms with E-state index < -0.39 is 0 Å². The van der Waals surface area contributed by atoms with Crippen molar-refractivity contribution in [1.82, 2.24) is 0 Å². The molecule has 17 heavy (non-hydrogen) atoms. The van der Waals surface area contributed by atoms with Gasteiger partial charge in [-0.2, -0.15) is 0 Å². The summed E-state index contributed by atoms with van der Waals surface area (Å²) in [6.07, 6.45) is 2.89. The van der Waals surface area contributed by atoms with Gasteiger partial charge in [0, 0.05) is 0 Å². The molecular weight excluding hydrogens is 216 g/mol. The molecule has 3 nitrogen and oxygen atoms in total. The standard InChI is InChI=1S/C14H20O3/c1-4-7-17-14-9-12(8-11(2)10-15)5-6-13(14)16-3/h5-6,8-9,15H,4,7,10H2,1-3H3. The Labute approximate surface area is 103 Å². The highest BCUT2D eigenvalue weighted by Crippen LogP contribution is 2.29. The highest BCUT2D eigenvalue weighted by atomic mass is 16.5. The summed E-state index contributed by atoms with van der Waals surface area (Å²) in [5.41, 5.74) is 1.92. The van der Waals surface area contributed by atoms with Crippen LogP contribution >= 0.6 is 0 Å². The van der Waals surface area contributed by atoms with E-state index in [9.17, 15) is 0 Å². The van der Waals surface area contributed by atoms with Crippen molar-refractivity contribution in [3.63, 3.8) is 0 Å². The van der Waals surface area contributed by atoms with E-state index in [-0.39, 0.29) is 6.61 Å². The van der Waals surface area contributed by atoms with Crippen LogP contribution < -0.4 is 9.47 Å². The van der Waals surface area contributed by atoms with Crippen LogP contribution in [0.15, 0.2) is 23.8 Å². The molecule has 1 aromatic carbocycles. The number of aliphatic hydroxyl groups excluding tert-OH is 1. The van der Waals surface area contributed by atoms with Crippen LogP contribution in [0, 0.1) is 0 Å². The minimum Gasteiger partial charge on any atom is -0.493 e. The van der Waals surface area contributed by atoms with Crippen LogP contribution in [0.25, 0.3) is 6.08 Å².